The highest BCUT2D eigenvalue weighted by Gasteiger charge is 2.20. The lowest BCUT2D eigenvalue weighted by atomic mass is 10.1. The van der Waals surface area contributed by atoms with Gasteiger partial charge in [-0.2, -0.15) is 5.10 Å². The smallest absolute Gasteiger partial charge is 0.282 e. The summed E-state index contributed by atoms with van der Waals surface area (Å²) in [4.78, 5) is 32.5. The van der Waals surface area contributed by atoms with Gasteiger partial charge in [0.2, 0.25) is 0 Å². The number of nitrogens with one attached hydrogen (secondary N) is 2. The highest BCUT2D eigenvalue weighted by atomic mass is 35.5. The third kappa shape index (κ3) is 6.32. The largest absolute Gasteiger partial charge is 0.369 e. The molecule has 3 aromatic rings. The first-order valence-electron chi connectivity index (χ1n) is 10.5. The second-order valence-electron chi connectivity index (χ2n) is 8.08. The van der Waals surface area contributed by atoms with Gasteiger partial charge in [0.05, 0.1) is 23.1 Å². The van der Waals surface area contributed by atoms with Gasteiger partial charge in [-0.15, -0.1) is 0 Å². The maximum absolute atomic E-state index is 12.5. The Morgan fingerprint density at radius 1 is 1.27 bits per heavy atom. The molecule has 0 unspecified atom stereocenters. The van der Waals surface area contributed by atoms with Crippen molar-refractivity contribution in [2.24, 2.45) is 5.92 Å². The molecule has 0 aliphatic rings. The van der Waals surface area contributed by atoms with Gasteiger partial charge in [-0.25, -0.2) is 14.6 Å². The van der Waals surface area contributed by atoms with Gasteiger partial charge in [-0.05, 0) is 18.1 Å². The number of nitro benzene ring substituents is 1. The van der Waals surface area contributed by atoms with Gasteiger partial charge >= 0.3 is 0 Å². The van der Waals surface area contributed by atoms with E-state index in [1.165, 1.54) is 18.2 Å². The first-order chi connectivity index (χ1) is 15.7. The van der Waals surface area contributed by atoms with Crippen molar-refractivity contribution in [3.63, 3.8) is 0 Å². The lowest BCUT2D eigenvalue weighted by Gasteiger charge is -2.12. The van der Waals surface area contributed by atoms with Gasteiger partial charge in [-0.1, -0.05) is 51.1 Å². The fraction of sp³-hybridized carbons (Fsp3) is 0.429. The van der Waals surface area contributed by atoms with Crippen LogP contribution in [0.15, 0.2) is 29.6 Å². The SMILES string of the molecule is CC(C)CNc1nc(SC(C)C)nc2c1cnn2CCNC(=O)c1cc(Cl)ccc1[N+](=O)[O-]. The van der Waals surface area contributed by atoms with Gasteiger partial charge in [-0.3, -0.25) is 14.9 Å². The standard InChI is InChI=1S/C21H26ClN7O3S/c1-12(2)10-24-18-16-11-25-28(19(16)27-21(26-18)33-13(3)4)8-7-23-20(30)15-9-14(22)5-6-17(15)29(31)32/h5-6,9,11-13H,7-8,10H2,1-4H3,(H,23,30)(H,24,26,27). The molecule has 0 saturated carbocycles. The molecule has 0 aliphatic heterocycles. The number of amides is 1. The van der Waals surface area contributed by atoms with Crippen LogP contribution in [0.2, 0.25) is 5.02 Å². The van der Waals surface area contributed by atoms with Gasteiger partial charge in [0.15, 0.2) is 10.8 Å². The lowest BCUT2D eigenvalue weighted by molar-refractivity contribution is -0.385. The molecule has 2 N–H and O–H groups in total. The van der Waals surface area contributed by atoms with Crippen LogP contribution >= 0.6 is 23.4 Å². The van der Waals surface area contributed by atoms with Crippen molar-refractivity contribution in [3.8, 4) is 0 Å². The summed E-state index contributed by atoms with van der Waals surface area (Å²) in [6, 6.07) is 3.88. The van der Waals surface area contributed by atoms with Gasteiger partial charge in [0, 0.05) is 29.4 Å². The summed E-state index contributed by atoms with van der Waals surface area (Å²) < 4.78 is 1.69. The number of carbonyl (C=O) groups excluding carboxylic acids is 1. The second kappa shape index (κ2) is 10.8. The quantitative estimate of drug-likeness (QED) is 0.185. The highest BCUT2D eigenvalue weighted by Crippen LogP contribution is 2.27. The number of halogens is 1. The van der Waals surface area contributed by atoms with Crippen LogP contribution < -0.4 is 10.6 Å². The number of benzene rings is 1. The number of nitro groups is 1. The predicted octanol–water partition coefficient (Wildman–Crippen LogP) is 4.39. The molecule has 0 atom stereocenters. The zero-order valence-corrected chi connectivity index (χ0v) is 20.4. The minimum atomic E-state index is -0.608. The molecule has 0 spiro atoms. The average Bonchev–Trinajstić information content (AvgIpc) is 3.14. The van der Waals surface area contributed by atoms with Crippen molar-refractivity contribution in [2.45, 2.75) is 44.6 Å². The number of fused-ring (bicyclic) bond motifs is 1. The minimum Gasteiger partial charge on any atom is -0.369 e. The van der Waals surface area contributed by atoms with E-state index in [4.69, 9.17) is 11.6 Å². The summed E-state index contributed by atoms with van der Waals surface area (Å²) in [7, 11) is 0. The molecule has 0 radical (unpaired) electrons. The van der Waals surface area contributed by atoms with Crippen molar-refractivity contribution in [1.82, 2.24) is 25.1 Å². The minimum absolute atomic E-state index is 0.0871. The van der Waals surface area contributed by atoms with Crippen LogP contribution in [-0.2, 0) is 6.54 Å². The summed E-state index contributed by atoms with van der Waals surface area (Å²) in [6.45, 7) is 9.66. The third-order valence-corrected chi connectivity index (χ3v) is 5.60. The molecule has 2 aromatic heterocycles. The van der Waals surface area contributed by atoms with Crippen LogP contribution in [0.3, 0.4) is 0 Å². The molecule has 3 rings (SSSR count). The second-order valence-corrected chi connectivity index (χ2v) is 10.1. The van der Waals surface area contributed by atoms with Crippen molar-refractivity contribution < 1.29 is 9.72 Å². The first kappa shape index (κ1) is 24.7. The number of anilines is 1. The predicted molar refractivity (Wildman–Crippen MR) is 130 cm³/mol. The fourth-order valence-electron chi connectivity index (χ4n) is 3.02. The Balaban J connectivity index is 1.79. The molecule has 0 bridgehead atoms. The van der Waals surface area contributed by atoms with Crippen LogP contribution in [0.4, 0.5) is 11.5 Å². The number of rotatable bonds is 10. The van der Waals surface area contributed by atoms with Gasteiger partial charge in [0.1, 0.15) is 11.4 Å². The molecular formula is C21H26ClN7O3S. The fourth-order valence-corrected chi connectivity index (χ4v) is 3.89. The zero-order valence-electron chi connectivity index (χ0n) is 18.8. The molecule has 0 saturated heterocycles. The Labute approximate surface area is 200 Å². The molecule has 12 heteroatoms. The molecular weight excluding hydrogens is 466 g/mol. The first-order valence-corrected chi connectivity index (χ1v) is 11.8. The molecule has 176 valence electrons. The Kier molecular flexibility index (Phi) is 8.09. The van der Waals surface area contributed by atoms with E-state index in [9.17, 15) is 14.9 Å². The molecule has 10 nitrogen and oxygen atoms in total. The van der Waals surface area contributed by atoms with Gasteiger partial charge in [0.25, 0.3) is 11.6 Å². The number of carbonyl (C=O) groups is 1. The van der Waals surface area contributed by atoms with Crippen molar-refractivity contribution in [3.05, 3.63) is 45.1 Å². The van der Waals surface area contributed by atoms with Crippen molar-refractivity contribution in [1.29, 1.82) is 0 Å². The van der Waals surface area contributed by atoms with E-state index >= 15 is 0 Å². The van der Waals surface area contributed by atoms with E-state index in [0.717, 1.165) is 17.7 Å². The van der Waals surface area contributed by atoms with Crippen LogP contribution in [0.1, 0.15) is 38.1 Å². The maximum atomic E-state index is 12.5. The van der Waals surface area contributed by atoms with E-state index in [-0.39, 0.29) is 22.8 Å². The summed E-state index contributed by atoms with van der Waals surface area (Å²) in [5.41, 5.74) is 0.267. The van der Waals surface area contributed by atoms with Crippen molar-refractivity contribution >= 4 is 51.8 Å². The molecule has 33 heavy (non-hydrogen) atoms. The van der Waals surface area contributed by atoms with Crippen molar-refractivity contribution in [2.75, 3.05) is 18.4 Å². The Bertz CT molecular complexity index is 1170. The molecule has 2 heterocycles. The summed E-state index contributed by atoms with van der Waals surface area (Å²) >= 11 is 7.47. The summed E-state index contributed by atoms with van der Waals surface area (Å²) in [5, 5.41) is 23.7. The number of thioether (sulfide) groups is 1. The highest BCUT2D eigenvalue weighted by molar-refractivity contribution is 7.99. The normalized spacial score (nSPS) is 11.4. The molecule has 0 aliphatic carbocycles. The monoisotopic (exact) mass is 491 g/mol. The molecule has 1 aromatic carbocycles. The molecule has 0 fully saturated rings. The van der Waals surface area contributed by atoms with Crippen LogP contribution in [0.25, 0.3) is 11.0 Å². The average molecular weight is 492 g/mol. The summed E-state index contributed by atoms with van der Waals surface area (Å²) in [6.07, 6.45) is 1.70. The topological polar surface area (TPSA) is 128 Å². The summed E-state index contributed by atoms with van der Waals surface area (Å²) in [5.74, 6) is 0.587. The Hall–Kier alpha value is -2.92. The van der Waals surface area contributed by atoms with Crippen LogP contribution in [-0.4, -0.2) is 48.9 Å². The lowest BCUT2D eigenvalue weighted by Crippen LogP contribution is -2.28. The van der Waals surface area contributed by atoms with E-state index in [1.54, 1.807) is 22.6 Å². The number of hydrogen-bond donors (Lipinski definition) is 2. The number of aromatic nitrogens is 4. The Morgan fingerprint density at radius 3 is 2.70 bits per heavy atom. The molecule has 1 amide bonds. The van der Waals surface area contributed by atoms with E-state index in [0.29, 0.717) is 28.5 Å². The number of hydrogen-bond acceptors (Lipinski definition) is 8. The number of nitrogens with zero attached hydrogens (tertiary/aromatic N) is 5. The van der Waals surface area contributed by atoms with Crippen LogP contribution in [0.5, 0.6) is 0 Å². The van der Waals surface area contributed by atoms with Crippen LogP contribution in [0, 0.1) is 16.0 Å². The maximum Gasteiger partial charge on any atom is 0.282 e. The zero-order chi connectivity index (χ0) is 24.1. The third-order valence-electron chi connectivity index (χ3n) is 4.50. The van der Waals surface area contributed by atoms with Gasteiger partial charge < -0.3 is 10.6 Å². The van der Waals surface area contributed by atoms with E-state index in [2.05, 4.69) is 53.4 Å². The van der Waals surface area contributed by atoms with E-state index < -0.39 is 10.8 Å². The Morgan fingerprint density at radius 2 is 2.03 bits per heavy atom. The van der Waals surface area contributed by atoms with E-state index in [1.807, 2.05) is 0 Å².